The molecule has 0 bridgehead atoms. The molecule has 3 aromatic rings. The highest BCUT2D eigenvalue weighted by molar-refractivity contribution is 7.16. The third kappa shape index (κ3) is 2.15. The van der Waals surface area contributed by atoms with Crippen LogP contribution < -0.4 is 0 Å². The maximum absolute atomic E-state index is 5.92. The summed E-state index contributed by atoms with van der Waals surface area (Å²) in [5.74, 6) is 0.435. The Kier molecular flexibility index (Phi) is 3.07. The first-order chi connectivity index (χ1) is 9.06. The molecule has 0 spiro atoms. The fraction of sp³-hybridized carbons (Fsp3) is 0.286. The van der Waals surface area contributed by atoms with Crippen molar-refractivity contribution in [1.82, 2.24) is 14.6 Å². The highest BCUT2D eigenvalue weighted by Crippen LogP contribution is 2.29. The molecular formula is C14H14ClN3S. The van der Waals surface area contributed by atoms with Crippen molar-refractivity contribution >= 4 is 27.9 Å². The van der Waals surface area contributed by atoms with Crippen LogP contribution in [0.2, 0.25) is 5.02 Å². The molecule has 0 aliphatic rings. The molecule has 3 rings (SSSR count). The highest BCUT2D eigenvalue weighted by Gasteiger charge is 2.15. The summed E-state index contributed by atoms with van der Waals surface area (Å²) in [6, 6.07) is 7.75. The van der Waals surface area contributed by atoms with Crippen molar-refractivity contribution in [3.63, 3.8) is 0 Å². The van der Waals surface area contributed by atoms with Crippen molar-refractivity contribution in [2.24, 2.45) is 0 Å². The Morgan fingerprint density at radius 1 is 1.21 bits per heavy atom. The molecule has 0 N–H and O–H groups in total. The van der Waals surface area contributed by atoms with Gasteiger partial charge >= 0.3 is 0 Å². The average molecular weight is 292 g/mol. The van der Waals surface area contributed by atoms with E-state index in [9.17, 15) is 0 Å². The van der Waals surface area contributed by atoms with Gasteiger partial charge in [0.05, 0.1) is 11.4 Å². The lowest BCUT2D eigenvalue weighted by Gasteiger charge is -2.00. The van der Waals surface area contributed by atoms with Crippen LogP contribution in [0.5, 0.6) is 0 Å². The fourth-order valence-electron chi connectivity index (χ4n) is 1.98. The van der Waals surface area contributed by atoms with Crippen LogP contribution in [0.1, 0.15) is 30.5 Å². The number of hydrogen-bond donors (Lipinski definition) is 0. The fourth-order valence-corrected chi connectivity index (χ4v) is 3.05. The molecule has 0 radical (unpaired) electrons. The summed E-state index contributed by atoms with van der Waals surface area (Å²) < 4.78 is 1.93. The number of rotatable bonds is 2. The third-order valence-electron chi connectivity index (χ3n) is 3.06. The summed E-state index contributed by atoms with van der Waals surface area (Å²) in [5.41, 5.74) is 3.12. The topological polar surface area (TPSA) is 30.2 Å². The lowest BCUT2D eigenvalue weighted by Crippen LogP contribution is -1.92. The second-order valence-electron chi connectivity index (χ2n) is 4.84. The van der Waals surface area contributed by atoms with E-state index in [-0.39, 0.29) is 0 Å². The van der Waals surface area contributed by atoms with E-state index < -0.39 is 0 Å². The van der Waals surface area contributed by atoms with Gasteiger partial charge < -0.3 is 0 Å². The maximum Gasteiger partial charge on any atom is 0.212 e. The summed E-state index contributed by atoms with van der Waals surface area (Å²) in [4.78, 5) is 5.64. The van der Waals surface area contributed by atoms with Gasteiger partial charge in [0, 0.05) is 16.5 Å². The van der Waals surface area contributed by atoms with Crippen molar-refractivity contribution in [2.45, 2.75) is 26.7 Å². The molecule has 2 heterocycles. The van der Waals surface area contributed by atoms with Crippen LogP contribution in [-0.2, 0) is 0 Å². The van der Waals surface area contributed by atoms with Crippen LogP contribution in [0, 0.1) is 6.92 Å². The zero-order valence-electron chi connectivity index (χ0n) is 11.0. The molecule has 0 aliphatic carbocycles. The SMILES string of the molecule is Cc1c(-c2ccc(Cl)cc2)nc2sc(C(C)C)nn12. The summed E-state index contributed by atoms with van der Waals surface area (Å²) >= 11 is 7.57. The quantitative estimate of drug-likeness (QED) is 0.694. The van der Waals surface area contributed by atoms with E-state index in [0.717, 1.165) is 31.9 Å². The molecule has 0 fully saturated rings. The molecule has 0 atom stereocenters. The lowest BCUT2D eigenvalue weighted by atomic mass is 10.1. The zero-order chi connectivity index (χ0) is 13.6. The van der Waals surface area contributed by atoms with E-state index in [1.165, 1.54) is 0 Å². The highest BCUT2D eigenvalue weighted by atomic mass is 35.5. The minimum atomic E-state index is 0.435. The van der Waals surface area contributed by atoms with Gasteiger partial charge in [-0.2, -0.15) is 5.10 Å². The van der Waals surface area contributed by atoms with Crippen molar-refractivity contribution in [2.75, 3.05) is 0 Å². The minimum Gasteiger partial charge on any atom is -0.217 e. The van der Waals surface area contributed by atoms with Gasteiger partial charge in [0.1, 0.15) is 5.01 Å². The average Bonchev–Trinajstić information content (AvgIpc) is 2.91. The normalized spacial score (nSPS) is 11.6. The molecule has 0 saturated heterocycles. The van der Waals surface area contributed by atoms with Crippen LogP contribution in [0.3, 0.4) is 0 Å². The summed E-state index contributed by atoms with van der Waals surface area (Å²) in [7, 11) is 0. The molecule has 0 unspecified atom stereocenters. The first-order valence-electron chi connectivity index (χ1n) is 6.18. The molecular weight excluding hydrogens is 278 g/mol. The third-order valence-corrected chi connectivity index (χ3v) is 4.52. The second kappa shape index (κ2) is 4.62. The molecule has 5 heteroatoms. The van der Waals surface area contributed by atoms with Crippen molar-refractivity contribution in [3.05, 3.63) is 40.0 Å². The number of hydrogen-bond acceptors (Lipinski definition) is 3. The van der Waals surface area contributed by atoms with Crippen molar-refractivity contribution in [3.8, 4) is 11.3 Å². The van der Waals surface area contributed by atoms with Gasteiger partial charge in [0.25, 0.3) is 0 Å². The largest absolute Gasteiger partial charge is 0.217 e. The Morgan fingerprint density at radius 3 is 2.47 bits per heavy atom. The van der Waals surface area contributed by atoms with E-state index >= 15 is 0 Å². The van der Waals surface area contributed by atoms with Crippen LogP contribution in [0.15, 0.2) is 24.3 Å². The number of halogens is 1. The molecule has 0 aliphatic heterocycles. The van der Waals surface area contributed by atoms with E-state index in [0.29, 0.717) is 5.92 Å². The molecule has 0 amide bonds. The van der Waals surface area contributed by atoms with Gasteiger partial charge in [-0.25, -0.2) is 9.50 Å². The first-order valence-corrected chi connectivity index (χ1v) is 7.37. The Labute approximate surface area is 120 Å². The van der Waals surface area contributed by atoms with E-state index in [2.05, 4.69) is 18.9 Å². The van der Waals surface area contributed by atoms with Gasteiger partial charge in [-0.3, -0.25) is 0 Å². The van der Waals surface area contributed by atoms with Crippen LogP contribution in [-0.4, -0.2) is 14.6 Å². The first kappa shape index (κ1) is 12.6. The van der Waals surface area contributed by atoms with Crippen LogP contribution in [0.25, 0.3) is 16.2 Å². The number of aryl methyl sites for hydroxylation is 1. The summed E-state index contributed by atoms with van der Waals surface area (Å²) in [6.07, 6.45) is 0. The Bertz CT molecular complexity index is 725. The molecule has 2 aromatic heterocycles. The van der Waals surface area contributed by atoms with Crippen molar-refractivity contribution < 1.29 is 0 Å². The monoisotopic (exact) mass is 291 g/mol. The number of nitrogens with zero attached hydrogens (tertiary/aromatic N) is 3. The van der Waals surface area contributed by atoms with Gasteiger partial charge in [0.2, 0.25) is 4.96 Å². The Balaban J connectivity index is 2.13. The Morgan fingerprint density at radius 2 is 1.89 bits per heavy atom. The maximum atomic E-state index is 5.92. The standard InChI is InChI=1S/C14H14ClN3S/c1-8(2)13-17-18-9(3)12(16-14(18)19-13)10-4-6-11(15)7-5-10/h4-8H,1-3H3. The van der Waals surface area contributed by atoms with Gasteiger partial charge in [-0.1, -0.05) is 48.9 Å². The Hall–Kier alpha value is -1.39. The number of imidazole rings is 1. The number of fused-ring (bicyclic) bond motifs is 1. The molecule has 1 aromatic carbocycles. The zero-order valence-corrected chi connectivity index (χ0v) is 12.6. The van der Waals surface area contributed by atoms with Gasteiger partial charge in [-0.05, 0) is 19.1 Å². The van der Waals surface area contributed by atoms with Crippen LogP contribution >= 0.6 is 22.9 Å². The molecule has 98 valence electrons. The predicted octanol–water partition coefficient (Wildman–Crippen LogP) is 4.54. The van der Waals surface area contributed by atoms with Gasteiger partial charge in [-0.15, -0.1) is 0 Å². The summed E-state index contributed by atoms with van der Waals surface area (Å²) in [5, 5.41) is 6.48. The predicted molar refractivity (Wildman–Crippen MR) is 80.1 cm³/mol. The van der Waals surface area contributed by atoms with Crippen molar-refractivity contribution in [1.29, 1.82) is 0 Å². The van der Waals surface area contributed by atoms with E-state index in [4.69, 9.17) is 16.6 Å². The van der Waals surface area contributed by atoms with Gasteiger partial charge in [0.15, 0.2) is 0 Å². The smallest absolute Gasteiger partial charge is 0.212 e. The minimum absolute atomic E-state index is 0.435. The van der Waals surface area contributed by atoms with E-state index in [1.807, 2.05) is 35.7 Å². The van der Waals surface area contributed by atoms with Crippen LogP contribution in [0.4, 0.5) is 0 Å². The molecule has 3 nitrogen and oxygen atoms in total. The number of aromatic nitrogens is 3. The molecule has 0 saturated carbocycles. The summed E-state index contributed by atoms with van der Waals surface area (Å²) in [6.45, 7) is 6.34. The lowest BCUT2D eigenvalue weighted by molar-refractivity contribution is 0.793. The van der Waals surface area contributed by atoms with E-state index in [1.54, 1.807) is 11.3 Å². The second-order valence-corrected chi connectivity index (χ2v) is 6.27. The number of benzene rings is 1. The molecule has 19 heavy (non-hydrogen) atoms.